The van der Waals surface area contributed by atoms with E-state index < -0.39 is 0 Å². The number of hydrogen-bond acceptors (Lipinski definition) is 2. The first-order valence-corrected chi connectivity index (χ1v) is 6.38. The van der Waals surface area contributed by atoms with Gasteiger partial charge in [-0.15, -0.1) is 0 Å². The van der Waals surface area contributed by atoms with E-state index in [-0.39, 0.29) is 26.4 Å². The minimum atomic E-state index is -0.294. The minimum absolute atomic E-state index is 0.217. The molecule has 0 fully saturated rings. The third kappa shape index (κ3) is 1.50. The number of esters is 1. The number of carbonyl (C=O) groups excluding carboxylic acids is 1. The number of rotatable bonds is 1. The fraction of sp³-hybridized carbons (Fsp3) is 0.100. The van der Waals surface area contributed by atoms with Crippen molar-refractivity contribution in [1.82, 2.24) is 0 Å². The second kappa shape index (κ2) is 3.53. The summed E-state index contributed by atoms with van der Waals surface area (Å²) in [6.45, 7) is 0. The Hall–Kier alpha value is -0.780. The van der Waals surface area contributed by atoms with Crippen molar-refractivity contribution in [2.24, 2.45) is 0 Å². The van der Waals surface area contributed by atoms with E-state index in [1.165, 1.54) is 15.9 Å². The molecule has 0 N–H and O–H groups in total. The summed E-state index contributed by atoms with van der Waals surface area (Å²) in [6, 6.07) is 7.86. The van der Waals surface area contributed by atoms with Crippen LogP contribution < -0.4 is 0 Å². The number of methoxy groups -OCH3 is 1. The first-order valence-electron chi connectivity index (χ1n) is 3.87. The molecule has 0 saturated carbocycles. The molecule has 13 heavy (non-hydrogen) atoms. The summed E-state index contributed by atoms with van der Waals surface area (Å²) in [4.78, 5) is 11.3. The van der Waals surface area contributed by atoms with E-state index in [2.05, 4.69) is 10.1 Å². The van der Waals surface area contributed by atoms with Gasteiger partial charge in [0.25, 0.3) is 0 Å². The molecule has 0 unspecified atom stereocenters. The van der Waals surface area contributed by atoms with Gasteiger partial charge in [0.2, 0.25) is 0 Å². The van der Waals surface area contributed by atoms with E-state index in [0.717, 1.165) is 5.56 Å². The van der Waals surface area contributed by atoms with Gasteiger partial charge in [-0.05, 0) is 0 Å². The third-order valence-electron chi connectivity index (χ3n) is 1.88. The molecular formula is C10H8O2Te. The van der Waals surface area contributed by atoms with Crippen LogP contribution in [0.5, 0.6) is 0 Å². The molecule has 0 aliphatic heterocycles. The topological polar surface area (TPSA) is 26.3 Å². The van der Waals surface area contributed by atoms with Crippen molar-refractivity contribution >= 4 is 35.2 Å². The van der Waals surface area contributed by atoms with Crippen LogP contribution in [-0.4, -0.2) is 33.5 Å². The van der Waals surface area contributed by atoms with Gasteiger partial charge in [0.05, 0.1) is 0 Å². The van der Waals surface area contributed by atoms with Gasteiger partial charge in [-0.1, -0.05) is 0 Å². The molecule has 0 aliphatic carbocycles. The summed E-state index contributed by atoms with van der Waals surface area (Å²) in [5, 5.41) is 1.19. The second-order valence-corrected chi connectivity index (χ2v) is 5.25. The van der Waals surface area contributed by atoms with Gasteiger partial charge in [-0.3, -0.25) is 0 Å². The molecule has 2 aromatic rings. The number of fused-ring (bicyclic) bond motifs is 1. The molecule has 66 valence electrons. The molecule has 0 saturated heterocycles. The molecule has 0 atom stereocenters. The molecule has 0 aliphatic rings. The van der Waals surface area contributed by atoms with Crippen LogP contribution in [0.4, 0.5) is 0 Å². The first kappa shape index (κ1) is 8.80. The van der Waals surface area contributed by atoms with Crippen molar-refractivity contribution in [3.05, 3.63) is 33.9 Å². The van der Waals surface area contributed by atoms with Gasteiger partial charge in [-0.25, -0.2) is 0 Å². The van der Waals surface area contributed by atoms with E-state index in [0.29, 0.717) is 0 Å². The fourth-order valence-corrected chi connectivity index (χ4v) is 3.84. The van der Waals surface area contributed by atoms with Crippen LogP contribution in [0.25, 0.3) is 8.79 Å². The molecule has 1 heterocycles. The summed E-state index contributed by atoms with van der Waals surface area (Å²) < 4.78 is 8.11. The fourth-order valence-electron chi connectivity index (χ4n) is 1.26. The molecule has 0 radical (unpaired) electrons. The van der Waals surface area contributed by atoms with Gasteiger partial charge in [0, 0.05) is 0 Å². The summed E-state index contributed by atoms with van der Waals surface area (Å²) in [7, 11) is 1.42. The molecule has 0 bridgehead atoms. The van der Waals surface area contributed by atoms with Gasteiger partial charge >= 0.3 is 85.7 Å². The SMILES string of the molecule is COC(=O)c1cccc2cc[te]c12. The zero-order valence-corrected chi connectivity index (χ0v) is 9.44. The van der Waals surface area contributed by atoms with Gasteiger partial charge in [0.1, 0.15) is 0 Å². The van der Waals surface area contributed by atoms with Crippen molar-refractivity contribution in [3.63, 3.8) is 0 Å². The Morgan fingerprint density at radius 1 is 1.38 bits per heavy atom. The number of ether oxygens (including phenoxy) is 1. The van der Waals surface area contributed by atoms with E-state index >= 15 is 0 Å². The number of hydrogen-bond donors (Lipinski definition) is 0. The Morgan fingerprint density at radius 3 is 3.00 bits per heavy atom. The summed E-state index contributed by atoms with van der Waals surface area (Å²) >= 11 is -0.294. The Balaban J connectivity index is 2.67. The molecular weight excluding hydrogens is 280 g/mol. The van der Waals surface area contributed by atoms with Crippen LogP contribution in [0.1, 0.15) is 10.4 Å². The van der Waals surface area contributed by atoms with E-state index in [4.69, 9.17) is 4.74 Å². The van der Waals surface area contributed by atoms with Crippen LogP contribution in [0.2, 0.25) is 0 Å². The Labute approximate surface area is 85.7 Å². The molecule has 0 amide bonds. The van der Waals surface area contributed by atoms with Gasteiger partial charge in [-0.2, -0.15) is 0 Å². The summed E-state index contributed by atoms with van der Waals surface area (Å²) in [5.74, 6) is -0.217. The predicted octanol–water partition coefficient (Wildman–Crippen LogP) is 1.68. The molecule has 3 heteroatoms. The Morgan fingerprint density at radius 2 is 2.23 bits per heavy atom. The average molecular weight is 288 g/mol. The maximum absolute atomic E-state index is 11.3. The van der Waals surface area contributed by atoms with Crippen LogP contribution in [0.3, 0.4) is 0 Å². The molecule has 2 nitrogen and oxygen atoms in total. The number of carbonyl (C=O) groups is 1. The molecule has 2 rings (SSSR count). The van der Waals surface area contributed by atoms with Crippen molar-refractivity contribution in [3.8, 4) is 0 Å². The second-order valence-electron chi connectivity index (χ2n) is 2.64. The zero-order chi connectivity index (χ0) is 9.26. The quantitative estimate of drug-likeness (QED) is 0.589. The zero-order valence-electron chi connectivity index (χ0n) is 7.11. The predicted molar refractivity (Wildman–Crippen MR) is 52.2 cm³/mol. The Kier molecular flexibility index (Phi) is 2.39. The van der Waals surface area contributed by atoms with Crippen LogP contribution in [-0.2, 0) is 4.74 Å². The monoisotopic (exact) mass is 290 g/mol. The summed E-state index contributed by atoms with van der Waals surface area (Å²) in [6.07, 6.45) is 0. The van der Waals surface area contributed by atoms with E-state index in [1.54, 1.807) is 0 Å². The van der Waals surface area contributed by atoms with E-state index in [1.807, 2.05) is 18.2 Å². The van der Waals surface area contributed by atoms with Crippen molar-refractivity contribution in [2.75, 3.05) is 7.11 Å². The van der Waals surface area contributed by atoms with Crippen molar-refractivity contribution in [1.29, 1.82) is 0 Å². The van der Waals surface area contributed by atoms with Crippen LogP contribution in [0, 0.1) is 0 Å². The maximum atomic E-state index is 11.3. The van der Waals surface area contributed by atoms with Crippen LogP contribution in [0.15, 0.2) is 28.3 Å². The number of benzene rings is 1. The molecule has 0 spiro atoms. The van der Waals surface area contributed by atoms with Crippen LogP contribution >= 0.6 is 0 Å². The molecule has 1 aromatic carbocycles. The van der Waals surface area contributed by atoms with E-state index in [9.17, 15) is 4.79 Å². The normalized spacial score (nSPS) is 10.2. The summed E-state index contributed by atoms with van der Waals surface area (Å²) in [5.41, 5.74) is 0.743. The van der Waals surface area contributed by atoms with Crippen molar-refractivity contribution in [2.45, 2.75) is 0 Å². The van der Waals surface area contributed by atoms with Gasteiger partial charge in [0.15, 0.2) is 0 Å². The van der Waals surface area contributed by atoms with Gasteiger partial charge < -0.3 is 0 Å². The first-order chi connectivity index (χ1) is 6.33. The molecule has 1 aromatic heterocycles. The standard InChI is InChI=1S/C10H8O2Te/c1-12-10(11)8-4-2-3-7-5-6-13-9(7)8/h2-6H,1H3. The van der Waals surface area contributed by atoms with Crippen molar-refractivity contribution < 1.29 is 9.53 Å². The Bertz CT molecular complexity index is 445. The third-order valence-corrected chi connectivity index (χ3v) is 4.63. The average Bonchev–Trinajstić information content (AvgIpc) is 2.63.